The van der Waals surface area contributed by atoms with E-state index in [4.69, 9.17) is 4.74 Å². The Labute approximate surface area is 111 Å². The second-order valence-electron chi connectivity index (χ2n) is 4.66. The van der Waals surface area contributed by atoms with Crippen LogP contribution in [0.4, 0.5) is 0 Å². The molecule has 0 radical (unpaired) electrons. The van der Waals surface area contributed by atoms with E-state index in [2.05, 4.69) is 20.4 Å². The lowest BCUT2D eigenvalue weighted by Crippen LogP contribution is -2.33. The number of nitrogens with zero attached hydrogens (tertiary/aromatic N) is 4. The van der Waals surface area contributed by atoms with Gasteiger partial charge in [0.2, 0.25) is 5.82 Å². The van der Waals surface area contributed by atoms with E-state index in [1.807, 2.05) is 12.3 Å². The number of hydrogen-bond acceptors (Lipinski definition) is 5. The highest BCUT2D eigenvalue weighted by Crippen LogP contribution is 2.18. The van der Waals surface area contributed by atoms with Gasteiger partial charge in [-0.05, 0) is 25.5 Å². The predicted molar refractivity (Wildman–Crippen MR) is 70.2 cm³/mol. The van der Waals surface area contributed by atoms with Gasteiger partial charge in [-0.3, -0.25) is 0 Å². The first-order valence-corrected chi connectivity index (χ1v) is 6.58. The van der Waals surface area contributed by atoms with Gasteiger partial charge in [0.1, 0.15) is 0 Å². The van der Waals surface area contributed by atoms with Crippen LogP contribution in [0.2, 0.25) is 0 Å². The van der Waals surface area contributed by atoms with Crippen LogP contribution < -0.4 is 10.1 Å². The molecule has 100 valence electrons. The third-order valence-electron chi connectivity index (χ3n) is 3.22. The van der Waals surface area contributed by atoms with Gasteiger partial charge >= 0.3 is 0 Å². The molecule has 1 aliphatic heterocycles. The van der Waals surface area contributed by atoms with Crippen LogP contribution in [0.25, 0.3) is 5.82 Å². The van der Waals surface area contributed by atoms with Crippen LogP contribution in [-0.2, 0) is 0 Å². The molecule has 3 rings (SSSR count). The molecule has 0 bridgehead atoms. The van der Waals surface area contributed by atoms with Gasteiger partial charge < -0.3 is 10.1 Å². The quantitative estimate of drug-likeness (QED) is 0.888. The predicted octanol–water partition coefficient (Wildman–Crippen LogP) is 1.04. The molecule has 6 heteroatoms. The van der Waals surface area contributed by atoms with Crippen LogP contribution in [-0.4, -0.2) is 39.4 Å². The molecule has 1 saturated heterocycles. The largest absolute Gasteiger partial charge is 0.475 e. The molecule has 0 spiro atoms. The number of piperidine rings is 1. The van der Waals surface area contributed by atoms with Crippen molar-refractivity contribution >= 4 is 0 Å². The molecule has 1 aliphatic rings. The Bertz CT molecular complexity index is 508. The van der Waals surface area contributed by atoms with Gasteiger partial charge in [-0.1, -0.05) is 0 Å². The Morgan fingerprint density at radius 1 is 1.32 bits per heavy atom. The van der Waals surface area contributed by atoms with E-state index in [1.54, 1.807) is 23.3 Å². The van der Waals surface area contributed by atoms with Crippen molar-refractivity contribution in [1.29, 1.82) is 0 Å². The second-order valence-corrected chi connectivity index (χ2v) is 4.66. The first-order chi connectivity index (χ1) is 9.43. The monoisotopic (exact) mass is 259 g/mol. The zero-order valence-electron chi connectivity index (χ0n) is 10.7. The van der Waals surface area contributed by atoms with Gasteiger partial charge in [-0.25, -0.2) is 14.6 Å². The van der Waals surface area contributed by atoms with E-state index in [9.17, 15) is 0 Å². The molecule has 2 aromatic heterocycles. The van der Waals surface area contributed by atoms with Crippen LogP contribution in [0.3, 0.4) is 0 Å². The fraction of sp³-hybridized carbons (Fsp3) is 0.462. The maximum Gasteiger partial charge on any atom is 0.259 e. The number of aromatic nitrogens is 4. The standard InChI is InChI=1S/C13H17N5O/c1-3-11(9-14-4-1)10-19-13-12(15-6-7-16-13)18-8-2-5-17-18/h2,5-8,11,14H,1,3-4,9-10H2. The van der Waals surface area contributed by atoms with Crippen LogP contribution in [0.1, 0.15) is 12.8 Å². The second kappa shape index (κ2) is 5.79. The topological polar surface area (TPSA) is 64.9 Å². The number of nitrogens with one attached hydrogen (secondary N) is 1. The molecule has 0 aliphatic carbocycles. The van der Waals surface area contributed by atoms with Crippen molar-refractivity contribution in [2.45, 2.75) is 12.8 Å². The number of hydrogen-bond donors (Lipinski definition) is 1. The van der Waals surface area contributed by atoms with E-state index < -0.39 is 0 Å². The molecule has 2 aromatic rings. The Morgan fingerprint density at radius 3 is 3.05 bits per heavy atom. The average molecular weight is 259 g/mol. The van der Waals surface area contributed by atoms with Crippen molar-refractivity contribution in [2.24, 2.45) is 5.92 Å². The maximum atomic E-state index is 5.83. The summed E-state index contributed by atoms with van der Waals surface area (Å²) in [4.78, 5) is 8.54. The third kappa shape index (κ3) is 2.90. The molecule has 1 atom stereocenters. The zero-order valence-corrected chi connectivity index (χ0v) is 10.7. The Hall–Kier alpha value is -1.95. The van der Waals surface area contributed by atoms with E-state index in [0.717, 1.165) is 13.1 Å². The van der Waals surface area contributed by atoms with E-state index in [-0.39, 0.29) is 0 Å². The van der Waals surface area contributed by atoms with Gasteiger partial charge in [0.15, 0.2) is 0 Å². The molecule has 0 saturated carbocycles. The minimum absolute atomic E-state index is 0.539. The van der Waals surface area contributed by atoms with Crippen molar-refractivity contribution in [3.63, 3.8) is 0 Å². The summed E-state index contributed by atoms with van der Waals surface area (Å²) in [7, 11) is 0. The molecular weight excluding hydrogens is 242 g/mol. The highest BCUT2D eigenvalue weighted by molar-refractivity contribution is 5.32. The van der Waals surface area contributed by atoms with Crippen LogP contribution in [0.5, 0.6) is 5.88 Å². The van der Waals surface area contributed by atoms with Gasteiger partial charge in [-0.15, -0.1) is 0 Å². The molecule has 3 heterocycles. The molecule has 19 heavy (non-hydrogen) atoms. The smallest absolute Gasteiger partial charge is 0.259 e. The lowest BCUT2D eigenvalue weighted by atomic mass is 10.0. The minimum Gasteiger partial charge on any atom is -0.475 e. The summed E-state index contributed by atoms with van der Waals surface area (Å²) in [6.45, 7) is 2.79. The molecule has 1 N–H and O–H groups in total. The highest BCUT2D eigenvalue weighted by atomic mass is 16.5. The van der Waals surface area contributed by atoms with E-state index in [0.29, 0.717) is 24.2 Å². The van der Waals surface area contributed by atoms with Crippen molar-refractivity contribution in [3.05, 3.63) is 30.9 Å². The maximum absolute atomic E-state index is 5.83. The third-order valence-corrected chi connectivity index (χ3v) is 3.22. The zero-order chi connectivity index (χ0) is 12.9. The fourth-order valence-electron chi connectivity index (χ4n) is 2.23. The van der Waals surface area contributed by atoms with Crippen LogP contribution >= 0.6 is 0 Å². The van der Waals surface area contributed by atoms with Crippen LogP contribution in [0, 0.1) is 5.92 Å². The van der Waals surface area contributed by atoms with Gasteiger partial charge in [0.05, 0.1) is 6.61 Å². The van der Waals surface area contributed by atoms with Crippen molar-refractivity contribution in [3.8, 4) is 11.7 Å². The lowest BCUT2D eigenvalue weighted by Gasteiger charge is -2.22. The number of ether oxygens (including phenoxy) is 1. The molecule has 1 fully saturated rings. The Morgan fingerprint density at radius 2 is 2.26 bits per heavy atom. The van der Waals surface area contributed by atoms with E-state index >= 15 is 0 Å². The Kier molecular flexibility index (Phi) is 3.69. The van der Waals surface area contributed by atoms with Crippen molar-refractivity contribution in [2.75, 3.05) is 19.7 Å². The molecule has 0 aromatic carbocycles. The first kappa shape index (κ1) is 12.1. The fourth-order valence-corrected chi connectivity index (χ4v) is 2.23. The van der Waals surface area contributed by atoms with Crippen molar-refractivity contribution in [1.82, 2.24) is 25.1 Å². The summed E-state index contributed by atoms with van der Waals surface area (Å²) >= 11 is 0. The summed E-state index contributed by atoms with van der Waals surface area (Å²) in [5, 5.41) is 7.54. The van der Waals surface area contributed by atoms with Crippen LogP contribution in [0.15, 0.2) is 30.9 Å². The molecule has 6 nitrogen and oxygen atoms in total. The summed E-state index contributed by atoms with van der Waals surface area (Å²) < 4.78 is 7.49. The Balaban J connectivity index is 1.70. The normalized spacial score (nSPS) is 19.3. The number of rotatable bonds is 4. The molecule has 1 unspecified atom stereocenters. The van der Waals surface area contributed by atoms with E-state index in [1.165, 1.54) is 12.8 Å². The molecular formula is C13H17N5O. The average Bonchev–Trinajstić information content (AvgIpc) is 3.01. The molecule has 0 amide bonds. The summed E-state index contributed by atoms with van der Waals surface area (Å²) in [5.74, 6) is 1.72. The van der Waals surface area contributed by atoms with Gasteiger partial charge in [0.25, 0.3) is 5.88 Å². The summed E-state index contributed by atoms with van der Waals surface area (Å²) in [6, 6.07) is 1.85. The first-order valence-electron chi connectivity index (χ1n) is 6.58. The van der Waals surface area contributed by atoms with Gasteiger partial charge in [0, 0.05) is 37.3 Å². The van der Waals surface area contributed by atoms with Gasteiger partial charge in [-0.2, -0.15) is 5.10 Å². The van der Waals surface area contributed by atoms with Crippen molar-refractivity contribution < 1.29 is 4.74 Å². The highest BCUT2D eigenvalue weighted by Gasteiger charge is 2.16. The summed E-state index contributed by atoms with van der Waals surface area (Å²) in [6.07, 6.45) is 9.24. The summed E-state index contributed by atoms with van der Waals surface area (Å²) in [5.41, 5.74) is 0. The lowest BCUT2D eigenvalue weighted by molar-refractivity contribution is 0.211. The minimum atomic E-state index is 0.539. The SMILES string of the molecule is c1cnn(-c2nccnc2OCC2CCCNC2)c1.